The van der Waals surface area contributed by atoms with Gasteiger partial charge in [-0.2, -0.15) is 0 Å². The van der Waals surface area contributed by atoms with Crippen molar-refractivity contribution < 1.29 is 0 Å². The Balaban J connectivity index is 1.75. The van der Waals surface area contributed by atoms with E-state index in [1.165, 1.54) is 24.3 Å². The quantitative estimate of drug-likeness (QED) is 0.825. The molecule has 0 spiro atoms. The third kappa shape index (κ3) is 1.39. The number of nitrogens with zero attached hydrogens (tertiary/aromatic N) is 1. The van der Waals surface area contributed by atoms with E-state index < -0.39 is 0 Å². The van der Waals surface area contributed by atoms with E-state index in [0.717, 1.165) is 24.8 Å². The smallest absolute Gasteiger partial charge is 0.0930 e. The summed E-state index contributed by atoms with van der Waals surface area (Å²) in [7, 11) is 0. The highest BCUT2D eigenvalue weighted by Crippen LogP contribution is 2.60. The van der Waals surface area contributed by atoms with Gasteiger partial charge in [-0.1, -0.05) is 0 Å². The van der Waals surface area contributed by atoms with Gasteiger partial charge >= 0.3 is 0 Å². The van der Waals surface area contributed by atoms with E-state index in [9.17, 15) is 0 Å². The average molecular weight is 208 g/mol. The molecule has 1 aromatic rings. The first-order valence-corrected chi connectivity index (χ1v) is 6.28. The van der Waals surface area contributed by atoms with E-state index in [1.807, 2.05) is 6.20 Å². The van der Waals surface area contributed by atoms with E-state index in [4.69, 9.17) is 5.73 Å². The highest BCUT2D eigenvalue weighted by Gasteiger charge is 2.53. The van der Waals surface area contributed by atoms with Gasteiger partial charge in [0.05, 0.1) is 5.01 Å². The maximum Gasteiger partial charge on any atom is 0.0930 e. The van der Waals surface area contributed by atoms with Gasteiger partial charge in [-0.15, -0.1) is 11.3 Å². The van der Waals surface area contributed by atoms with Gasteiger partial charge in [0.15, 0.2) is 0 Å². The van der Waals surface area contributed by atoms with Crippen molar-refractivity contribution >= 4 is 11.3 Å². The van der Waals surface area contributed by atoms with Gasteiger partial charge in [-0.25, -0.2) is 4.98 Å². The van der Waals surface area contributed by atoms with Crippen LogP contribution in [-0.2, 0) is 6.42 Å². The van der Waals surface area contributed by atoms with Gasteiger partial charge < -0.3 is 5.73 Å². The fourth-order valence-electron chi connectivity index (χ4n) is 3.05. The number of aromatic nitrogens is 1. The first-order valence-electron chi connectivity index (χ1n) is 5.40. The Bertz CT molecular complexity index is 310. The van der Waals surface area contributed by atoms with E-state index in [1.54, 1.807) is 11.3 Å². The van der Waals surface area contributed by atoms with Crippen LogP contribution in [0.1, 0.15) is 24.3 Å². The maximum absolute atomic E-state index is 5.95. The maximum atomic E-state index is 5.95. The van der Waals surface area contributed by atoms with Crippen LogP contribution in [0, 0.1) is 17.3 Å². The molecule has 2 aliphatic carbocycles. The number of nitrogens with two attached hydrogens (primary N) is 1. The van der Waals surface area contributed by atoms with Crippen molar-refractivity contribution in [2.75, 3.05) is 6.54 Å². The van der Waals surface area contributed by atoms with Crippen LogP contribution in [-0.4, -0.2) is 11.5 Å². The van der Waals surface area contributed by atoms with Gasteiger partial charge in [0.25, 0.3) is 0 Å². The summed E-state index contributed by atoms with van der Waals surface area (Å²) in [5, 5.41) is 3.34. The van der Waals surface area contributed by atoms with Crippen molar-refractivity contribution in [1.82, 2.24) is 4.98 Å². The third-order valence-electron chi connectivity index (χ3n) is 3.90. The predicted molar refractivity (Wildman–Crippen MR) is 58.1 cm³/mol. The summed E-state index contributed by atoms with van der Waals surface area (Å²) in [5.74, 6) is 2.03. The average Bonchev–Trinajstić information content (AvgIpc) is 2.68. The van der Waals surface area contributed by atoms with E-state index in [0.29, 0.717) is 5.41 Å². The highest BCUT2D eigenvalue weighted by molar-refractivity contribution is 7.09. The minimum Gasteiger partial charge on any atom is -0.330 e. The first kappa shape index (κ1) is 8.86. The molecular weight excluding hydrogens is 192 g/mol. The number of hydrogen-bond acceptors (Lipinski definition) is 3. The van der Waals surface area contributed by atoms with Gasteiger partial charge in [-0.3, -0.25) is 0 Å². The second kappa shape index (κ2) is 3.04. The lowest BCUT2D eigenvalue weighted by atomic mass is 9.80. The summed E-state index contributed by atoms with van der Waals surface area (Å²) in [5.41, 5.74) is 6.35. The molecule has 0 bridgehead atoms. The lowest BCUT2D eigenvalue weighted by Gasteiger charge is -2.28. The molecule has 2 atom stereocenters. The van der Waals surface area contributed by atoms with Crippen LogP contribution < -0.4 is 5.73 Å². The Hall–Kier alpha value is -0.410. The second-order valence-electron chi connectivity index (χ2n) is 4.97. The van der Waals surface area contributed by atoms with E-state index in [2.05, 4.69) is 10.4 Å². The highest BCUT2D eigenvalue weighted by atomic mass is 32.1. The van der Waals surface area contributed by atoms with Crippen molar-refractivity contribution in [2.24, 2.45) is 23.0 Å². The van der Waals surface area contributed by atoms with Crippen molar-refractivity contribution in [3.05, 3.63) is 16.6 Å². The molecular formula is C11H16N2S. The van der Waals surface area contributed by atoms with Crippen LogP contribution in [0.4, 0.5) is 0 Å². The molecule has 1 heterocycles. The lowest BCUT2D eigenvalue weighted by molar-refractivity contribution is 0.272. The summed E-state index contributed by atoms with van der Waals surface area (Å²) in [6.07, 6.45) is 7.20. The SMILES string of the molecule is NCC1(Cc2nccs2)CC2CC2C1. The topological polar surface area (TPSA) is 38.9 Å². The van der Waals surface area contributed by atoms with Gasteiger partial charge in [-0.05, 0) is 43.1 Å². The monoisotopic (exact) mass is 208 g/mol. The van der Waals surface area contributed by atoms with Crippen LogP contribution in [0.15, 0.2) is 11.6 Å². The second-order valence-corrected chi connectivity index (χ2v) is 5.95. The van der Waals surface area contributed by atoms with Crippen LogP contribution in [0.25, 0.3) is 0 Å². The van der Waals surface area contributed by atoms with E-state index in [-0.39, 0.29) is 0 Å². The molecule has 2 saturated carbocycles. The molecule has 2 fully saturated rings. The van der Waals surface area contributed by atoms with Crippen LogP contribution in [0.2, 0.25) is 0 Å². The molecule has 3 rings (SSSR count). The van der Waals surface area contributed by atoms with Crippen LogP contribution in [0.5, 0.6) is 0 Å². The summed E-state index contributed by atoms with van der Waals surface area (Å²) in [6.45, 7) is 0.847. The molecule has 0 radical (unpaired) electrons. The number of thiazole rings is 1. The fourth-order valence-corrected chi connectivity index (χ4v) is 3.84. The Morgan fingerprint density at radius 3 is 2.86 bits per heavy atom. The largest absolute Gasteiger partial charge is 0.330 e. The zero-order chi connectivity index (χ0) is 9.60. The summed E-state index contributed by atoms with van der Waals surface area (Å²) < 4.78 is 0. The number of hydrogen-bond donors (Lipinski definition) is 1. The Labute approximate surface area is 88.5 Å². The third-order valence-corrected chi connectivity index (χ3v) is 4.68. The van der Waals surface area contributed by atoms with Gasteiger partial charge in [0, 0.05) is 18.0 Å². The Morgan fingerprint density at radius 1 is 1.50 bits per heavy atom. The molecule has 0 aromatic carbocycles. The number of fused-ring (bicyclic) bond motifs is 1. The summed E-state index contributed by atoms with van der Waals surface area (Å²) in [4.78, 5) is 4.38. The molecule has 2 nitrogen and oxygen atoms in total. The summed E-state index contributed by atoms with van der Waals surface area (Å²) >= 11 is 1.77. The molecule has 2 aliphatic rings. The number of rotatable bonds is 3. The molecule has 76 valence electrons. The van der Waals surface area contributed by atoms with Crippen molar-refractivity contribution in [3.8, 4) is 0 Å². The molecule has 0 aliphatic heterocycles. The Morgan fingerprint density at radius 2 is 2.29 bits per heavy atom. The molecule has 1 aromatic heterocycles. The van der Waals surface area contributed by atoms with Crippen molar-refractivity contribution in [3.63, 3.8) is 0 Å². The normalized spacial score (nSPS) is 39.8. The fraction of sp³-hybridized carbons (Fsp3) is 0.727. The van der Waals surface area contributed by atoms with Crippen LogP contribution in [0.3, 0.4) is 0 Å². The molecule has 14 heavy (non-hydrogen) atoms. The molecule has 2 unspecified atom stereocenters. The molecule has 2 N–H and O–H groups in total. The minimum atomic E-state index is 0.408. The molecule has 0 amide bonds. The lowest BCUT2D eigenvalue weighted by Crippen LogP contribution is -2.31. The van der Waals surface area contributed by atoms with Gasteiger partial charge in [0.2, 0.25) is 0 Å². The minimum absolute atomic E-state index is 0.408. The van der Waals surface area contributed by atoms with Crippen LogP contribution >= 0.6 is 11.3 Å². The van der Waals surface area contributed by atoms with E-state index >= 15 is 0 Å². The zero-order valence-corrected chi connectivity index (χ0v) is 9.09. The van der Waals surface area contributed by atoms with Crippen molar-refractivity contribution in [2.45, 2.75) is 25.7 Å². The molecule has 3 heteroatoms. The van der Waals surface area contributed by atoms with Gasteiger partial charge in [0.1, 0.15) is 0 Å². The predicted octanol–water partition coefficient (Wildman–Crippen LogP) is 2.06. The summed E-state index contributed by atoms with van der Waals surface area (Å²) in [6, 6.07) is 0. The molecule has 0 saturated heterocycles. The zero-order valence-electron chi connectivity index (χ0n) is 8.28. The standard InChI is InChI=1S/C11H16N2S/c12-7-11(4-8-3-9(8)5-11)6-10-13-1-2-14-10/h1-2,8-9H,3-7,12H2. The first-order chi connectivity index (χ1) is 6.81. The van der Waals surface area contributed by atoms with Crippen molar-refractivity contribution in [1.29, 1.82) is 0 Å². The Kier molecular flexibility index (Phi) is 1.92.